The Morgan fingerprint density at radius 1 is 1.00 bits per heavy atom. The van der Waals surface area contributed by atoms with E-state index in [0.717, 1.165) is 21.8 Å². The molecule has 16 nitrogen and oxygen atoms in total. The number of aliphatic hydroxyl groups excluding tert-OH is 1. The van der Waals surface area contributed by atoms with E-state index >= 15 is 0 Å². The second-order valence-corrected chi connectivity index (χ2v) is 17.0. The molecule has 0 aliphatic carbocycles. The lowest BCUT2D eigenvalue weighted by Gasteiger charge is -2.36. The number of urea groups is 1. The fraction of sp³-hybridized carbons (Fsp3) is 0.548. The number of aromatic nitrogens is 1. The normalized spacial score (nSPS) is 16.6. The van der Waals surface area contributed by atoms with Crippen molar-refractivity contribution >= 4 is 35.3 Å². The third kappa shape index (κ3) is 12.3. The quantitative estimate of drug-likeness (QED) is 0.128. The number of carbonyl (C=O) groups excluding carboxylic acids is 4. The van der Waals surface area contributed by atoms with Crippen LogP contribution in [0.5, 0.6) is 11.5 Å². The summed E-state index contributed by atoms with van der Waals surface area (Å²) in [5, 5.41) is 22.2. The van der Waals surface area contributed by atoms with Gasteiger partial charge in [-0.25, -0.2) is 19.6 Å². The predicted molar refractivity (Wildman–Crippen MR) is 221 cm³/mol. The largest absolute Gasteiger partial charge is 0.486 e. The Labute approximate surface area is 350 Å². The maximum absolute atomic E-state index is 14.5. The molecule has 1 fully saturated rings. The number of ether oxygens (including phenoxy) is 4. The van der Waals surface area contributed by atoms with E-state index in [1.807, 2.05) is 82.5 Å². The van der Waals surface area contributed by atoms with Crippen molar-refractivity contribution in [1.29, 1.82) is 0 Å². The third-order valence-corrected chi connectivity index (χ3v) is 11.3. The molecule has 1 aromatic heterocycles. The Hall–Kier alpha value is -4.97. The molecule has 0 spiro atoms. The molecule has 0 unspecified atom stereocenters. The van der Waals surface area contributed by atoms with Gasteiger partial charge in [0.1, 0.15) is 30.3 Å². The van der Waals surface area contributed by atoms with Crippen LogP contribution in [0.4, 0.5) is 9.59 Å². The Kier molecular flexibility index (Phi) is 15.9. The number of nitrogens with zero attached hydrogens (tertiary/aromatic N) is 4. The summed E-state index contributed by atoms with van der Waals surface area (Å²) in [5.74, 6) is 0.0406. The molecule has 5 atom stereocenters. The van der Waals surface area contributed by atoms with Crippen molar-refractivity contribution in [1.82, 2.24) is 35.9 Å². The smallest absolute Gasteiger partial charge is 0.407 e. The van der Waals surface area contributed by atoms with E-state index in [1.54, 1.807) is 28.0 Å². The van der Waals surface area contributed by atoms with Gasteiger partial charge in [0.25, 0.3) is 5.91 Å². The van der Waals surface area contributed by atoms with E-state index in [9.17, 15) is 24.3 Å². The van der Waals surface area contributed by atoms with Crippen molar-refractivity contribution in [3.05, 3.63) is 75.7 Å². The molecule has 17 heteroatoms. The maximum atomic E-state index is 14.5. The van der Waals surface area contributed by atoms with Gasteiger partial charge in [0.15, 0.2) is 11.5 Å². The van der Waals surface area contributed by atoms with Gasteiger partial charge >= 0.3 is 12.1 Å². The number of alkyl carbamates (subject to hydrolysis) is 1. The Balaban J connectivity index is 1.40. The van der Waals surface area contributed by atoms with Crippen molar-refractivity contribution in [3.8, 4) is 11.5 Å². The highest BCUT2D eigenvalue weighted by Crippen LogP contribution is 2.31. The van der Waals surface area contributed by atoms with E-state index in [4.69, 9.17) is 18.9 Å². The van der Waals surface area contributed by atoms with E-state index < -0.39 is 41.6 Å². The molecule has 0 bridgehead atoms. The first-order chi connectivity index (χ1) is 28.2. The molecular weight excluding hydrogens is 779 g/mol. The van der Waals surface area contributed by atoms with Crippen molar-refractivity contribution in [2.24, 2.45) is 11.3 Å². The van der Waals surface area contributed by atoms with Gasteiger partial charge in [-0.2, -0.15) is 0 Å². The summed E-state index contributed by atoms with van der Waals surface area (Å²) in [7, 11) is 2.83. The van der Waals surface area contributed by atoms with Gasteiger partial charge in [-0.15, -0.1) is 11.3 Å². The molecule has 2 aliphatic rings. The monoisotopic (exact) mass is 837 g/mol. The van der Waals surface area contributed by atoms with Gasteiger partial charge < -0.3 is 44.5 Å². The minimum absolute atomic E-state index is 0.125. The summed E-state index contributed by atoms with van der Waals surface area (Å²) in [6.45, 7) is 11.7. The van der Waals surface area contributed by atoms with E-state index in [0.29, 0.717) is 57.4 Å². The fourth-order valence-electron chi connectivity index (χ4n) is 7.14. The van der Waals surface area contributed by atoms with Crippen molar-refractivity contribution < 1.29 is 43.2 Å². The average Bonchev–Trinajstić information content (AvgIpc) is 3.81. The molecule has 1 saturated heterocycles. The van der Waals surface area contributed by atoms with Crippen LogP contribution in [0.2, 0.25) is 0 Å². The molecule has 59 heavy (non-hydrogen) atoms. The standard InChI is InChI=1S/C42H59N7O9S/c1-8-27(2)36(49-17-16-47(41(49)54)23-30-26-59-35(43-30)25-55-6)38(51)44-31(20-28-12-10-9-11-13-28)32(50)24-48(22-29-14-15-33-34(21-29)58-19-18-57-33)46-39(52)37(42(3,4)5)45-40(53)56-7/h9-15,21,26-27,31-32,36-37,50H,8,16-20,22-25H2,1-7H3,(H,44,51)(H,45,53)(H,46,52)/t27-,31-,32-,36-,37+/m0/s1. The summed E-state index contributed by atoms with van der Waals surface area (Å²) in [6, 6.07) is 12.0. The number of amides is 5. The van der Waals surface area contributed by atoms with Crippen LogP contribution in [0.1, 0.15) is 62.9 Å². The van der Waals surface area contributed by atoms with E-state index in [2.05, 4.69) is 21.0 Å². The molecule has 4 N–H and O–H groups in total. The molecule has 5 rings (SSSR count). The molecular formula is C42H59N7O9S. The van der Waals surface area contributed by atoms with Crippen LogP contribution in [-0.2, 0) is 45.2 Å². The van der Waals surface area contributed by atoms with Crippen LogP contribution < -0.4 is 25.5 Å². The number of hydrogen-bond acceptors (Lipinski definition) is 12. The molecule has 2 aromatic carbocycles. The predicted octanol–water partition coefficient (Wildman–Crippen LogP) is 4.11. The van der Waals surface area contributed by atoms with Gasteiger partial charge in [-0.1, -0.05) is 77.4 Å². The first-order valence-corrected chi connectivity index (χ1v) is 20.9. The van der Waals surface area contributed by atoms with Crippen LogP contribution in [0, 0.1) is 11.3 Å². The Bertz CT molecular complexity index is 1870. The number of carbonyl (C=O) groups is 4. The minimum atomic E-state index is -1.23. The molecule has 3 heterocycles. The fourth-order valence-corrected chi connectivity index (χ4v) is 7.90. The van der Waals surface area contributed by atoms with Gasteiger partial charge in [0.05, 0.1) is 38.1 Å². The molecule has 0 radical (unpaired) electrons. The van der Waals surface area contributed by atoms with Crippen LogP contribution in [0.3, 0.4) is 0 Å². The molecule has 0 saturated carbocycles. The van der Waals surface area contributed by atoms with Gasteiger partial charge in [-0.05, 0) is 41.0 Å². The highest BCUT2D eigenvalue weighted by Gasteiger charge is 2.41. The summed E-state index contributed by atoms with van der Waals surface area (Å²) >= 11 is 1.47. The summed E-state index contributed by atoms with van der Waals surface area (Å²) < 4.78 is 21.5. The topological polar surface area (TPSA) is 184 Å². The van der Waals surface area contributed by atoms with Crippen molar-refractivity contribution in [2.45, 2.75) is 91.4 Å². The van der Waals surface area contributed by atoms with Gasteiger partial charge in [0, 0.05) is 38.7 Å². The zero-order chi connectivity index (χ0) is 42.7. The summed E-state index contributed by atoms with van der Waals surface area (Å²) in [5.41, 5.74) is 4.59. The lowest BCUT2D eigenvalue weighted by Crippen LogP contribution is -2.60. The number of thiazole rings is 1. The zero-order valence-corrected chi connectivity index (χ0v) is 35.9. The summed E-state index contributed by atoms with van der Waals surface area (Å²) in [6.07, 6.45) is -1.11. The number of hydrazine groups is 1. The van der Waals surface area contributed by atoms with Crippen LogP contribution in [-0.4, -0.2) is 120 Å². The van der Waals surface area contributed by atoms with Crippen molar-refractivity contribution in [3.63, 3.8) is 0 Å². The zero-order valence-electron chi connectivity index (χ0n) is 35.1. The highest BCUT2D eigenvalue weighted by atomic mass is 32.1. The number of benzene rings is 2. The molecule has 5 amide bonds. The third-order valence-electron chi connectivity index (χ3n) is 10.5. The molecule has 3 aromatic rings. The Morgan fingerprint density at radius 3 is 2.41 bits per heavy atom. The van der Waals surface area contributed by atoms with E-state index in [1.165, 1.54) is 18.4 Å². The lowest BCUT2D eigenvalue weighted by atomic mass is 9.86. The second kappa shape index (κ2) is 20.8. The average molecular weight is 838 g/mol. The number of hydrogen-bond donors (Lipinski definition) is 4. The molecule has 322 valence electrons. The SMILES string of the molecule is CC[C@H](C)[C@@H](C(=O)N[C@@H](Cc1ccccc1)[C@@H](O)CN(Cc1ccc2c(c1)OCCO2)NC(=O)[C@@H](NC(=O)OC)C(C)(C)C)N1CCN(Cc2csc(COC)n2)C1=O. The van der Waals surface area contributed by atoms with Crippen molar-refractivity contribution in [2.75, 3.05) is 47.1 Å². The summed E-state index contributed by atoms with van der Waals surface area (Å²) in [4.78, 5) is 62.6. The number of nitrogens with one attached hydrogen (secondary N) is 3. The van der Waals surface area contributed by atoms with Gasteiger partial charge in [0.2, 0.25) is 5.91 Å². The van der Waals surface area contributed by atoms with Crippen LogP contribution in [0.15, 0.2) is 53.9 Å². The number of rotatable bonds is 19. The number of methoxy groups -OCH3 is 2. The number of aliphatic hydroxyl groups is 1. The minimum Gasteiger partial charge on any atom is -0.486 e. The van der Waals surface area contributed by atoms with Gasteiger partial charge in [-0.3, -0.25) is 15.0 Å². The lowest BCUT2D eigenvalue weighted by molar-refractivity contribution is -0.132. The second-order valence-electron chi connectivity index (χ2n) is 16.0. The maximum Gasteiger partial charge on any atom is 0.407 e. The first kappa shape index (κ1) is 45.1. The Morgan fingerprint density at radius 2 is 1.73 bits per heavy atom. The van der Waals surface area contributed by atoms with Crippen LogP contribution in [0.25, 0.3) is 0 Å². The highest BCUT2D eigenvalue weighted by molar-refractivity contribution is 7.09. The number of fused-ring (bicyclic) bond motifs is 1. The molecule has 2 aliphatic heterocycles. The van der Waals surface area contributed by atoms with E-state index in [-0.39, 0.29) is 37.4 Å². The first-order valence-electron chi connectivity index (χ1n) is 20.0. The van der Waals surface area contributed by atoms with Crippen LogP contribution >= 0.6 is 11.3 Å².